The second-order valence-electron chi connectivity index (χ2n) is 7.43. The first-order valence-electron chi connectivity index (χ1n) is 9.27. The summed E-state index contributed by atoms with van der Waals surface area (Å²) < 4.78 is 5.35. The molecule has 1 amide bonds. The van der Waals surface area contributed by atoms with Gasteiger partial charge in [0.1, 0.15) is 5.69 Å². The molecule has 7 heteroatoms. The number of ether oxygens (including phenoxy) is 1. The van der Waals surface area contributed by atoms with Crippen molar-refractivity contribution in [1.29, 1.82) is 0 Å². The predicted octanol–water partition coefficient (Wildman–Crippen LogP) is 2.36. The maximum absolute atomic E-state index is 12.5. The Morgan fingerprint density at radius 3 is 2.92 bits per heavy atom. The molecule has 2 unspecified atom stereocenters. The number of thiazole rings is 1. The number of anilines is 1. The molecule has 1 N–H and O–H groups in total. The lowest BCUT2D eigenvalue weighted by atomic mass is 10.1. The monoisotopic (exact) mass is 370 g/mol. The molecule has 3 fully saturated rings. The lowest BCUT2D eigenvalue weighted by Gasteiger charge is -2.22. The standard InChI is InChI=1S/C19H22N4O2S/c24-18(12-4-6-25-10-12)23-8-14-13(15(14)9-23)7-21-19-22-17(11-26-19)16-3-1-2-5-20-16/h1-3,5,11-15H,4,6-10H2,(H,21,22)/t12?,13?,14-,15+. The van der Waals surface area contributed by atoms with Gasteiger partial charge in [-0.1, -0.05) is 6.07 Å². The van der Waals surface area contributed by atoms with Crippen LogP contribution in [-0.2, 0) is 9.53 Å². The minimum absolute atomic E-state index is 0.101. The molecule has 136 valence electrons. The molecule has 1 saturated carbocycles. The molecule has 26 heavy (non-hydrogen) atoms. The summed E-state index contributed by atoms with van der Waals surface area (Å²) in [5.41, 5.74) is 1.83. The number of carbonyl (C=O) groups is 1. The summed E-state index contributed by atoms with van der Waals surface area (Å²) in [6.07, 6.45) is 2.68. The summed E-state index contributed by atoms with van der Waals surface area (Å²) in [5.74, 6) is 2.39. The highest BCUT2D eigenvalue weighted by Crippen LogP contribution is 2.52. The molecular formula is C19H22N4O2S. The fourth-order valence-corrected chi connectivity index (χ4v) is 5.03. The average Bonchev–Trinajstić information content (AvgIpc) is 3.23. The van der Waals surface area contributed by atoms with Crippen LogP contribution in [0.4, 0.5) is 5.13 Å². The van der Waals surface area contributed by atoms with Crippen LogP contribution in [0.3, 0.4) is 0 Å². The number of hydrogen-bond acceptors (Lipinski definition) is 6. The molecule has 3 aliphatic rings. The number of fused-ring (bicyclic) bond motifs is 1. The molecule has 0 aromatic carbocycles. The summed E-state index contributed by atoms with van der Waals surface area (Å²) in [4.78, 5) is 23.5. The molecule has 0 spiro atoms. The number of pyridine rings is 1. The normalized spacial score (nSPS) is 29.6. The van der Waals surface area contributed by atoms with E-state index in [9.17, 15) is 4.79 Å². The number of hydrogen-bond donors (Lipinski definition) is 1. The van der Waals surface area contributed by atoms with Gasteiger partial charge in [-0.2, -0.15) is 0 Å². The van der Waals surface area contributed by atoms with E-state index in [-0.39, 0.29) is 5.92 Å². The summed E-state index contributed by atoms with van der Waals surface area (Å²) in [7, 11) is 0. The third kappa shape index (κ3) is 2.99. The summed E-state index contributed by atoms with van der Waals surface area (Å²) >= 11 is 1.62. The lowest BCUT2D eigenvalue weighted by Crippen LogP contribution is -2.37. The van der Waals surface area contributed by atoms with E-state index in [0.29, 0.717) is 30.3 Å². The zero-order valence-electron chi connectivity index (χ0n) is 14.5. The maximum atomic E-state index is 12.5. The zero-order valence-corrected chi connectivity index (χ0v) is 15.3. The highest BCUT2D eigenvalue weighted by Gasteiger charge is 2.56. The molecule has 4 atom stereocenters. The number of likely N-dealkylation sites (tertiary alicyclic amines) is 1. The smallest absolute Gasteiger partial charge is 0.228 e. The molecule has 1 aliphatic carbocycles. The van der Waals surface area contributed by atoms with Gasteiger partial charge in [0.2, 0.25) is 5.91 Å². The molecule has 0 radical (unpaired) electrons. The molecule has 2 aliphatic heterocycles. The van der Waals surface area contributed by atoms with Gasteiger partial charge < -0.3 is 15.0 Å². The van der Waals surface area contributed by atoms with Crippen LogP contribution in [0.15, 0.2) is 29.8 Å². The molecular weight excluding hydrogens is 348 g/mol. The van der Waals surface area contributed by atoms with Crippen molar-refractivity contribution in [2.24, 2.45) is 23.7 Å². The van der Waals surface area contributed by atoms with E-state index in [4.69, 9.17) is 4.74 Å². The summed E-state index contributed by atoms with van der Waals surface area (Å²) in [6.45, 7) is 4.13. The molecule has 6 nitrogen and oxygen atoms in total. The number of nitrogens with one attached hydrogen (secondary N) is 1. The van der Waals surface area contributed by atoms with Crippen molar-refractivity contribution in [3.63, 3.8) is 0 Å². The van der Waals surface area contributed by atoms with Crippen LogP contribution < -0.4 is 5.32 Å². The Bertz CT molecular complexity index is 778. The summed E-state index contributed by atoms with van der Waals surface area (Å²) in [6, 6.07) is 5.87. The van der Waals surface area contributed by atoms with Gasteiger partial charge in [-0.25, -0.2) is 4.98 Å². The van der Waals surface area contributed by atoms with E-state index in [2.05, 4.69) is 20.2 Å². The molecule has 2 aromatic rings. The van der Waals surface area contributed by atoms with Crippen LogP contribution in [0.2, 0.25) is 0 Å². The Kier molecular flexibility index (Phi) is 4.13. The van der Waals surface area contributed by atoms with Crippen LogP contribution in [0.5, 0.6) is 0 Å². The first kappa shape index (κ1) is 16.2. The van der Waals surface area contributed by atoms with Gasteiger partial charge in [0, 0.05) is 37.8 Å². The third-order valence-electron chi connectivity index (χ3n) is 5.88. The van der Waals surface area contributed by atoms with E-state index in [0.717, 1.165) is 49.2 Å². The number of carbonyl (C=O) groups excluding carboxylic acids is 1. The molecule has 0 bridgehead atoms. The van der Waals surface area contributed by atoms with Crippen molar-refractivity contribution in [3.8, 4) is 11.4 Å². The van der Waals surface area contributed by atoms with Crippen molar-refractivity contribution >= 4 is 22.4 Å². The van der Waals surface area contributed by atoms with Crippen molar-refractivity contribution < 1.29 is 9.53 Å². The Labute approximate surface area is 156 Å². The van der Waals surface area contributed by atoms with Crippen molar-refractivity contribution in [3.05, 3.63) is 29.8 Å². The largest absolute Gasteiger partial charge is 0.381 e. The number of nitrogens with zero attached hydrogens (tertiary/aromatic N) is 3. The van der Waals surface area contributed by atoms with Gasteiger partial charge in [-0.15, -0.1) is 11.3 Å². The van der Waals surface area contributed by atoms with E-state index in [1.807, 2.05) is 23.6 Å². The Balaban J connectivity index is 1.11. The van der Waals surface area contributed by atoms with Gasteiger partial charge in [-0.05, 0) is 36.3 Å². The van der Waals surface area contributed by atoms with Crippen LogP contribution >= 0.6 is 11.3 Å². The molecule has 2 saturated heterocycles. The van der Waals surface area contributed by atoms with Gasteiger partial charge in [-0.3, -0.25) is 9.78 Å². The van der Waals surface area contributed by atoms with E-state index in [1.165, 1.54) is 0 Å². The average molecular weight is 370 g/mol. The van der Waals surface area contributed by atoms with Crippen LogP contribution in [0.1, 0.15) is 6.42 Å². The highest BCUT2D eigenvalue weighted by atomic mass is 32.1. The van der Waals surface area contributed by atoms with Crippen molar-refractivity contribution in [2.75, 3.05) is 38.2 Å². The Morgan fingerprint density at radius 2 is 2.19 bits per heavy atom. The van der Waals surface area contributed by atoms with E-state index < -0.39 is 0 Å². The van der Waals surface area contributed by atoms with Crippen LogP contribution in [-0.4, -0.2) is 53.6 Å². The minimum atomic E-state index is 0.101. The molecule has 2 aromatic heterocycles. The Morgan fingerprint density at radius 1 is 1.31 bits per heavy atom. The first-order valence-corrected chi connectivity index (χ1v) is 10.1. The highest BCUT2D eigenvalue weighted by molar-refractivity contribution is 7.14. The number of rotatable bonds is 5. The summed E-state index contributed by atoms with van der Waals surface area (Å²) in [5, 5.41) is 6.48. The quantitative estimate of drug-likeness (QED) is 0.875. The van der Waals surface area contributed by atoms with Gasteiger partial charge in [0.15, 0.2) is 5.13 Å². The van der Waals surface area contributed by atoms with Crippen LogP contribution in [0, 0.1) is 23.7 Å². The minimum Gasteiger partial charge on any atom is -0.381 e. The van der Waals surface area contributed by atoms with Gasteiger partial charge in [0.05, 0.1) is 18.2 Å². The zero-order chi connectivity index (χ0) is 17.5. The van der Waals surface area contributed by atoms with Gasteiger partial charge in [0.25, 0.3) is 0 Å². The fraction of sp³-hybridized carbons (Fsp3) is 0.526. The lowest BCUT2D eigenvalue weighted by molar-refractivity contribution is -0.135. The molecule has 5 rings (SSSR count). The second-order valence-corrected chi connectivity index (χ2v) is 8.29. The first-order chi connectivity index (χ1) is 12.8. The number of aromatic nitrogens is 2. The Hall–Kier alpha value is -1.99. The topological polar surface area (TPSA) is 67.3 Å². The predicted molar refractivity (Wildman–Crippen MR) is 99.8 cm³/mol. The number of amides is 1. The van der Waals surface area contributed by atoms with E-state index in [1.54, 1.807) is 17.5 Å². The van der Waals surface area contributed by atoms with Crippen molar-refractivity contribution in [2.45, 2.75) is 6.42 Å². The third-order valence-corrected chi connectivity index (χ3v) is 6.68. The second kappa shape index (κ2) is 6.63. The van der Waals surface area contributed by atoms with Crippen molar-refractivity contribution in [1.82, 2.24) is 14.9 Å². The SMILES string of the molecule is O=C(C1CCOC1)N1C[C@@H]2C(CNc3nc(-c4ccccn4)cs3)[C@@H]2C1. The van der Waals surface area contributed by atoms with Gasteiger partial charge >= 0.3 is 0 Å². The van der Waals surface area contributed by atoms with E-state index >= 15 is 0 Å². The fourth-order valence-electron chi connectivity index (χ4n) is 4.31. The van der Waals surface area contributed by atoms with Crippen LogP contribution in [0.25, 0.3) is 11.4 Å². The molecule has 4 heterocycles. The number of piperidine rings is 1. The maximum Gasteiger partial charge on any atom is 0.228 e.